The van der Waals surface area contributed by atoms with E-state index in [1.54, 1.807) is 0 Å². The van der Waals surface area contributed by atoms with Gasteiger partial charge in [0.05, 0.1) is 6.10 Å². The molecule has 1 heterocycles. The Kier molecular flexibility index (Phi) is 4.26. The van der Waals surface area contributed by atoms with Gasteiger partial charge in [0, 0.05) is 19.2 Å². The SMILES string of the molecule is CC1CCC(C)C(NCC2CCOC2C)C1. The quantitative estimate of drug-likeness (QED) is 0.797. The van der Waals surface area contributed by atoms with Crippen molar-refractivity contribution in [2.24, 2.45) is 17.8 Å². The van der Waals surface area contributed by atoms with E-state index >= 15 is 0 Å². The highest BCUT2D eigenvalue weighted by Gasteiger charge is 2.28. The van der Waals surface area contributed by atoms with Crippen LogP contribution >= 0.6 is 0 Å². The van der Waals surface area contributed by atoms with Crippen molar-refractivity contribution in [2.45, 2.75) is 58.6 Å². The third-order valence-electron chi connectivity index (χ3n) is 4.63. The molecule has 2 heteroatoms. The molecule has 0 aromatic rings. The smallest absolute Gasteiger partial charge is 0.0588 e. The van der Waals surface area contributed by atoms with Crippen LogP contribution in [0.3, 0.4) is 0 Å². The van der Waals surface area contributed by atoms with Crippen molar-refractivity contribution in [3.63, 3.8) is 0 Å². The van der Waals surface area contributed by atoms with Gasteiger partial charge in [0.25, 0.3) is 0 Å². The van der Waals surface area contributed by atoms with E-state index in [0.29, 0.717) is 6.10 Å². The number of hydrogen-bond acceptors (Lipinski definition) is 2. The first-order chi connectivity index (χ1) is 7.66. The zero-order chi connectivity index (χ0) is 11.5. The van der Waals surface area contributed by atoms with Crippen LogP contribution in [0, 0.1) is 17.8 Å². The summed E-state index contributed by atoms with van der Waals surface area (Å²) in [6, 6.07) is 0.747. The van der Waals surface area contributed by atoms with Gasteiger partial charge in [-0.1, -0.05) is 20.3 Å². The van der Waals surface area contributed by atoms with Gasteiger partial charge in [-0.15, -0.1) is 0 Å². The zero-order valence-corrected chi connectivity index (χ0v) is 11.0. The van der Waals surface area contributed by atoms with Crippen LogP contribution in [0.1, 0.15) is 46.5 Å². The van der Waals surface area contributed by atoms with Gasteiger partial charge in [-0.25, -0.2) is 0 Å². The van der Waals surface area contributed by atoms with E-state index in [9.17, 15) is 0 Å². The van der Waals surface area contributed by atoms with Crippen LogP contribution in [0.15, 0.2) is 0 Å². The van der Waals surface area contributed by atoms with Gasteiger partial charge in [0.1, 0.15) is 0 Å². The Morgan fingerprint density at radius 3 is 2.62 bits per heavy atom. The Labute approximate surface area is 100 Å². The third kappa shape index (κ3) is 2.98. The first kappa shape index (κ1) is 12.4. The Morgan fingerprint density at radius 2 is 1.94 bits per heavy atom. The lowest BCUT2D eigenvalue weighted by Gasteiger charge is -2.34. The molecule has 16 heavy (non-hydrogen) atoms. The highest BCUT2D eigenvalue weighted by atomic mass is 16.5. The van der Waals surface area contributed by atoms with Gasteiger partial charge in [-0.3, -0.25) is 0 Å². The topological polar surface area (TPSA) is 21.3 Å². The number of nitrogens with one attached hydrogen (secondary N) is 1. The normalized spacial score (nSPS) is 44.8. The monoisotopic (exact) mass is 225 g/mol. The van der Waals surface area contributed by atoms with Crippen LogP contribution in [-0.2, 0) is 4.74 Å². The Morgan fingerprint density at radius 1 is 1.12 bits per heavy atom. The van der Waals surface area contributed by atoms with Gasteiger partial charge >= 0.3 is 0 Å². The highest BCUT2D eigenvalue weighted by Crippen LogP contribution is 2.29. The standard InChI is InChI=1S/C14H27NO/c1-10-4-5-11(2)14(8-10)15-9-13-6-7-16-12(13)3/h10-15H,4-9H2,1-3H3. The Hall–Kier alpha value is -0.0800. The molecule has 0 amide bonds. The first-order valence-electron chi connectivity index (χ1n) is 7.01. The fourth-order valence-electron chi connectivity index (χ4n) is 3.16. The average molecular weight is 225 g/mol. The van der Waals surface area contributed by atoms with Gasteiger partial charge < -0.3 is 10.1 Å². The van der Waals surface area contributed by atoms with Crippen LogP contribution < -0.4 is 5.32 Å². The summed E-state index contributed by atoms with van der Waals surface area (Å²) in [6.45, 7) is 9.12. The molecule has 0 aromatic carbocycles. The van der Waals surface area contributed by atoms with Crippen LogP contribution in [0.4, 0.5) is 0 Å². The molecule has 5 atom stereocenters. The van der Waals surface area contributed by atoms with E-state index < -0.39 is 0 Å². The summed E-state index contributed by atoms with van der Waals surface area (Å²) in [5.41, 5.74) is 0. The van der Waals surface area contributed by atoms with Gasteiger partial charge in [-0.2, -0.15) is 0 Å². The molecule has 1 N–H and O–H groups in total. The summed E-state index contributed by atoms with van der Waals surface area (Å²) in [4.78, 5) is 0. The van der Waals surface area contributed by atoms with Crippen LogP contribution in [-0.4, -0.2) is 25.3 Å². The molecule has 0 bridgehead atoms. The minimum Gasteiger partial charge on any atom is -0.378 e. The minimum atomic E-state index is 0.462. The fourth-order valence-corrected chi connectivity index (χ4v) is 3.16. The molecule has 5 unspecified atom stereocenters. The van der Waals surface area contributed by atoms with E-state index in [2.05, 4.69) is 26.1 Å². The molecule has 1 aliphatic carbocycles. The molecule has 0 spiro atoms. The summed E-state index contributed by atoms with van der Waals surface area (Å²) in [5.74, 6) is 2.50. The van der Waals surface area contributed by atoms with Crippen molar-refractivity contribution in [3.05, 3.63) is 0 Å². The van der Waals surface area contributed by atoms with Crippen LogP contribution in [0.2, 0.25) is 0 Å². The molecular weight excluding hydrogens is 198 g/mol. The van der Waals surface area contributed by atoms with Crippen molar-refractivity contribution in [1.82, 2.24) is 5.32 Å². The second-order valence-corrected chi connectivity index (χ2v) is 6.03. The summed E-state index contributed by atoms with van der Waals surface area (Å²) in [5, 5.41) is 3.79. The fraction of sp³-hybridized carbons (Fsp3) is 1.00. The third-order valence-corrected chi connectivity index (χ3v) is 4.63. The average Bonchev–Trinajstić information content (AvgIpc) is 2.66. The lowest BCUT2D eigenvalue weighted by molar-refractivity contribution is 0.102. The van der Waals surface area contributed by atoms with E-state index in [1.165, 1.54) is 25.7 Å². The number of ether oxygens (including phenoxy) is 1. The predicted octanol–water partition coefficient (Wildman–Crippen LogP) is 2.83. The van der Waals surface area contributed by atoms with Gasteiger partial charge in [-0.05, 0) is 43.9 Å². The lowest BCUT2D eigenvalue weighted by atomic mass is 9.80. The molecule has 94 valence electrons. The molecule has 1 saturated heterocycles. The summed E-state index contributed by atoms with van der Waals surface area (Å²) < 4.78 is 5.61. The summed E-state index contributed by atoms with van der Waals surface area (Å²) in [6.07, 6.45) is 5.88. The van der Waals surface area contributed by atoms with E-state index in [-0.39, 0.29) is 0 Å². The van der Waals surface area contributed by atoms with Crippen molar-refractivity contribution < 1.29 is 4.74 Å². The van der Waals surface area contributed by atoms with E-state index in [1.807, 2.05) is 0 Å². The van der Waals surface area contributed by atoms with Crippen LogP contribution in [0.25, 0.3) is 0 Å². The largest absolute Gasteiger partial charge is 0.378 e. The Bertz CT molecular complexity index is 219. The molecule has 2 aliphatic rings. The van der Waals surface area contributed by atoms with Crippen molar-refractivity contribution in [1.29, 1.82) is 0 Å². The molecule has 0 aromatic heterocycles. The molecule has 2 nitrogen and oxygen atoms in total. The van der Waals surface area contributed by atoms with Crippen molar-refractivity contribution in [2.75, 3.05) is 13.2 Å². The number of hydrogen-bond donors (Lipinski definition) is 1. The van der Waals surface area contributed by atoms with Crippen molar-refractivity contribution in [3.8, 4) is 0 Å². The maximum atomic E-state index is 5.61. The highest BCUT2D eigenvalue weighted by molar-refractivity contribution is 4.83. The maximum absolute atomic E-state index is 5.61. The molecule has 0 radical (unpaired) electrons. The second-order valence-electron chi connectivity index (χ2n) is 6.03. The first-order valence-corrected chi connectivity index (χ1v) is 7.01. The van der Waals surface area contributed by atoms with Crippen molar-refractivity contribution >= 4 is 0 Å². The zero-order valence-electron chi connectivity index (χ0n) is 11.0. The second kappa shape index (κ2) is 5.50. The van der Waals surface area contributed by atoms with E-state index in [0.717, 1.165) is 36.9 Å². The van der Waals surface area contributed by atoms with Gasteiger partial charge in [0.2, 0.25) is 0 Å². The molecule has 1 aliphatic heterocycles. The predicted molar refractivity (Wildman–Crippen MR) is 67.5 cm³/mol. The molecular formula is C14H27NO. The summed E-state index contributed by atoms with van der Waals surface area (Å²) in [7, 11) is 0. The maximum Gasteiger partial charge on any atom is 0.0588 e. The summed E-state index contributed by atoms with van der Waals surface area (Å²) >= 11 is 0. The molecule has 2 rings (SSSR count). The molecule has 2 fully saturated rings. The lowest BCUT2D eigenvalue weighted by Crippen LogP contribution is -2.42. The minimum absolute atomic E-state index is 0.462. The van der Waals surface area contributed by atoms with E-state index in [4.69, 9.17) is 4.74 Å². The van der Waals surface area contributed by atoms with Gasteiger partial charge in [0.15, 0.2) is 0 Å². The van der Waals surface area contributed by atoms with Crippen LogP contribution in [0.5, 0.6) is 0 Å². The number of rotatable bonds is 3. The Balaban J connectivity index is 1.75. The molecule has 1 saturated carbocycles.